The number of halogens is 4. The monoisotopic (exact) mass is 1580 g/mol. The Bertz CT molecular complexity index is 3850. The van der Waals surface area contributed by atoms with Gasteiger partial charge in [-0.3, -0.25) is 29.2 Å². The zero-order valence-electron chi connectivity index (χ0n) is 58.4. The van der Waals surface area contributed by atoms with E-state index in [9.17, 15) is 19.2 Å². The molecule has 0 bridgehead atoms. The Morgan fingerprint density at radius 2 is 0.867 bits per heavy atom. The molecule has 0 saturated carbocycles. The maximum Gasteiger partial charge on any atom is 0.196 e. The van der Waals surface area contributed by atoms with Crippen LogP contribution in [0.25, 0.3) is 0 Å². The van der Waals surface area contributed by atoms with Gasteiger partial charge in [-0.1, -0.05) is 107 Å². The summed E-state index contributed by atoms with van der Waals surface area (Å²) in [5, 5.41) is 20.9. The van der Waals surface area contributed by atoms with Crippen molar-refractivity contribution in [3.63, 3.8) is 0 Å². The molecule has 0 radical (unpaired) electrons. The third kappa shape index (κ3) is 22.9. The Hall–Kier alpha value is -7.20. The highest BCUT2D eigenvalue weighted by Crippen LogP contribution is 2.39. The molecule has 20 heteroatoms. The summed E-state index contributed by atoms with van der Waals surface area (Å²) in [6.07, 6.45) is 26.9. The van der Waals surface area contributed by atoms with Gasteiger partial charge in [0.05, 0.1) is 73.2 Å². The molecule has 98 heavy (non-hydrogen) atoms. The molecule has 4 aliphatic rings. The van der Waals surface area contributed by atoms with Crippen molar-refractivity contribution in [2.45, 2.75) is 90.9 Å². The number of nitrogens with one attached hydrogen (secondary N) is 2. The van der Waals surface area contributed by atoms with Gasteiger partial charge in [-0.2, -0.15) is 10.2 Å². The van der Waals surface area contributed by atoms with Gasteiger partial charge in [0.15, 0.2) is 35.6 Å². The predicted molar refractivity (Wildman–Crippen MR) is 399 cm³/mol. The van der Waals surface area contributed by atoms with Crippen LogP contribution >= 0.6 is 15.9 Å². The van der Waals surface area contributed by atoms with E-state index in [0.717, 1.165) is 110 Å². The highest BCUT2D eigenvalue weighted by Gasteiger charge is 2.36. The molecule has 2 aliphatic heterocycles. The molecule has 0 amide bonds. The van der Waals surface area contributed by atoms with Crippen molar-refractivity contribution < 1.29 is 83.8 Å². The number of unbranched alkanes of at least 4 members (excludes halogenated alkanes) is 6. The summed E-state index contributed by atoms with van der Waals surface area (Å²) in [4.78, 5) is 54.8. The van der Waals surface area contributed by atoms with Gasteiger partial charge in [0.2, 0.25) is 0 Å². The van der Waals surface area contributed by atoms with E-state index in [1.165, 1.54) is 69.1 Å². The highest BCUT2D eigenvalue weighted by atomic mass is 79.9. The largest absolute Gasteiger partial charge is 1.00 e. The number of allylic oxidation sites excluding steroid dienone is 2. The molecule has 0 atom stereocenters. The number of hydrazone groups is 2. The number of para-hydroxylation sites is 2. The van der Waals surface area contributed by atoms with Crippen molar-refractivity contribution in [2.24, 2.45) is 10.2 Å². The molecule has 10 rings (SSSR count). The molecule has 6 aromatic carbocycles. The number of nitrogens with zero attached hydrogens (tertiary/aromatic N) is 8. The van der Waals surface area contributed by atoms with Gasteiger partial charge in [0.25, 0.3) is 0 Å². The summed E-state index contributed by atoms with van der Waals surface area (Å²) in [6.45, 7) is 12.7. The lowest BCUT2D eigenvalue weighted by atomic mass is 9.81. The molecular weight excluding hydrogens is 1490 g/mol. The lowest BCUT2D eigenvalue weighted by molar-refractivity contribution is -0.890. The quantitative estimate of drug-likeness (QED) is 0.00983. The number of rotatable bonds is 29. The number of anilines is 6. The Balaban J connectivity index is 0.000000287. The van der Waals surface area contributed by atoms with E-state index in [1.54, 1.807) is 48.5 Å². The molecule has 6 N–H and O–H groups in total. The first kappa shape index (κ1) is 81.5. The smallest absolute Gasteiger partial charge is 0.196 e. The SMILES string of the molecule is CN(/N=C/C1=CC=[N+](CCCCCCBr)CC1)c1ccccc1.Cc1cc(NCCCN(C)C)c2c(c1N)C(=O)c1ccccc1C2=O.Cc1cc(NCCC[N+](C)(C)CCCCCC[N+]2=CC=C(/C=N/N(C)c3ccccc3)CC2)c2c(c1N)C(=O)c1ccccc1C2=O.[Br-].[Br-].[Br-]. The lowest BCUT2D eigenvalue weighted by Gasteiger charge is -2.30. The number of alkyl halides is 1. The van der Waals surface area contributed by atoms with Gasteiger partial charge in [-0.15, -0.1) is 0 Å². The zero-order chi connectivity index (χ0) is 67.9. The first-order chi connectivity index (χ1) is 45.8. The maximum atomic E-state index is 13.4. The van der Waals surface area contributed by atoms with Crippen molar-refractivity contribution in [1.29, 1.82) is 0 Å². The fourth-order valence-corrected chi connectivity index (χ4v) is 12.6. The highest BCUT2D eigenvalue weighted by molar-refractivity contribution is 9.09. The van der Waals surface area contributed by atoms with E-state index < -0.39 is 0 Å². The summed E-state index contributed by atoms with van der Waals surface area (Å²) in [6, 6.07) is 38.1. The van der Waals surface area contributed by atoms with E-state index in [2.05, 4.69) is 114 Å². The lowest BCUT2D eigenvalue weighted by Crippen LogP contribution is -3.00. The van der Waals surface area contributed by atoms with Crippen LogP contribution < -0.4 is 83.1 Å². The van der Waals surface area contributed by atoms with Crippen molar-refractivity contribution in [3.8, 4) is 0 Å². The molecule has 0 unspecified atom stereocenters. The molecule has 0 fully saturated rings. The number of nitrogens with two attached hydrogens (primary N) is 2. The van der Waals surface area contributed by atoms with Crippen LogP contribution in [0.1, 0.15) is 152 Å². The molecule has 2 aliphatic carbocycles. The summed E-state index contributed by atoms with van der Waals surface area (Å²) >= 11 is 3.48. The molecule has 16 nitrogen and oxygen atoms in total. The van der Waals surface area contributed by atoms with Gasteiger partial charge >= 0.3 is 0 Å². The van der Waals surface area contributed by atoms with Crippen LogP contribution in [0.2, 0.25) is 0 Å². The summed E-state index contributed by atoms with van der Waals surface area (Å²) < 4.78 is 5.80. The van der Waals surface area contributed by atoms with E-state index in [-0.39, 0.29) is 74.1 Å². The van der Waals surface area contributed by atoms with Crippen molar-refractivity contribution >= 4 is 98.0 Å². The van der Waals surface area contributed by atoms with E-state index in [0.29, 0.717) is 67.3 Å². The molecule has 524 valence electrons. The van der Waals surface area contributed by atoms with Gasteiger partial charge in [-0.25, -0.2) is 9.15 Å². The maximum absolute atomic E-state index is 13.4. The Morgan fingerprint density at radius 3 is 1.26 bits per heavy atom. The minimum atomic E-state index is -0.178. The Labute approximate surface area is 622 Å². The van der Waals surface area contributed by atoms with Gasteiger partial charge in [0.1, 0.15) is 26.2 Å². The average Bonchev–Trinajstić information content (AvgIpc) is 0.749. The third-order valence-electron chi connectivity index (χ3n) is 18.0. The second-order valence-electron chi connectivity index (χ2n) is 26.0. The summed E-state index contributed by atoms with van der Waals surface area (Å²) in [5.74, 6) is -0.641. The number of carbonyl (C=O) groups is 4. The average molecular weight is 1590 g/mol. The minimum Gasteiger partial charge on any atom is -1.00 e. The third-order valence-corrected chi connectivity index (χ3v) is 18.5. The fraction of sp³-hybridized carbons (Fsp3) is 0.385. The molecule has 0 saturated heterocycles. The number of ketones is 4. The second-order valence-corrected chi connectivity index (χ2v) is 26.8. The minimum absolute atomic E-state index is 0. The van der Waals surface area contributed by atoms with Gasteiger partial charge < -0.3 is 82.4 Å². The van der Waals surface area contributed by atoms with Crippen molar-refractivity contribution in [1.82, 2.24) is 4.90 Å². The molecular formula is C78H100Br4N12O4. The van der Waals surface area contributed by atoms with Crippen LogP contribution in [0.5, 0.6) is 0 Å². The number of hydrogen-bond donors (Lipinski definition) is 4. The standard InChI is InChI=1S/C39H49N6O2.C20H23N3O2.C19H27BrN3.3BrH/c1-29-27-34(35-36(37(29)40)39(47)33-18-11-10-17-32(33)38(35)46)41-21-14-26-45(3,4)25-13-6-5-12-22-44-23-19-30(20-24-44)28-42-43(2)31-15-8-7-9-16-31;1-12-11-15(22-9-6-10-23(2)3)16-17(18(12)21)20(25)14-8-5-4-7-13(14)19(16)24;1-22(19-9-5-4-6-10-19)21-17-18-11-15-23(16-12-18)14-8-3-2-7-13-20;;;/h7-11,15-19,23,27-28,40,42H,5-6,12-14,20-22,24-26H2,1-4H3;4-5,7-8,11,22H,6,9-10,21H2,1-3H3;4-6,9-11,15,17H,2-3,7-8,12-14,16H2,1H3;3*1H/q+1;;+1;;;/p-2. The zero-order valence-corrected chi connectivity index (χ0v) is 64.8. The van der Waals surface area contributed by atoms with Crippen LogP contribution in [0.4, 0.5) is 34.1 Å². The number of carbonyl (C=O) groups excluding carboxylic acids is 4. The van der Waals surface area contributed by atoms with Crippen molar-refractivity contribution in [2.75, 3.05) is 139 Å². The van der Waals surface area contributed by atoms with Crippen LogP contribution in [0.3, 0.4) is 0 Å². The summed E-state index contributed by atoms with van der Waals surface area (Å²) in [5.41, 5.74) is 24.2. The summed E-state index contributed by atoms with van der Waals surface area (Å²) in [7, 11) is 12.6. The fourth-order valence-electron chi connectivity index (χ4n) is 12.2. The van der Waals surface area contributed by atoms with Crippen LogP contribution in [0, 0.1) is 13.8 Å². The first-order valence-electron chi connectivity index (χ1n) is 33.8. The molecule has 0 aromatic heterocycles. The number of aryl methyl sites for hydroxylation is 2. The number of nitrogen functional groups attached to an aromatic ring is 2. The second kappa shape index (κ2) is 40.8. The molecule has 0 spiro atoms. The van der Waals surface area contributed by atoms with Gasteiger partial charge in [-0.05, 0) is 132 Å². The van der Waals surface area contributed by atoms with Crippen molar-refractivity contribution in [3.05, 3.63) is 200 Å². The van der Waals surface area contributed by atoms with Crippen LogP contribution in [-0.2, 0) is 0 Å². The number of hydrogen-bond acceptors (Lipinski definition) is 13. The normalized spacial score (nSPS) is 13.7. The Morgan fingerprint density at radius 1 is 0.500 bits per heavy atom. The number of quaternary nitrogens is 1. The van der Waals surface area contributed by atoms with E-state index >= 15 is 0 Å². The van der Waals surface area contributed by atoms with Gasteiger partial charge in [0, 0.05) is 122 Å². The van der Waals surface area contributed by atoms with E-state index in [4.69, 9.17) is 11.5 Å². The van der Waals surface area contributed by atoms with Crippen LogP contribution in [-0.4, -0.2) is 173 Å². The van der Waals surface area contributed by atoms with E-state index in [1.807, 2.05) is 113 Å². The Kier molecular flexibility index (Phi) is 33.9. The van der Waals surface area contributed by atoms with Crippen LogP contribution in [0.15, 0.2) is 155 Å². The molecule has 6 aromatic rings. The molecule has 2 heterocycles. The topological polar surface area (TPSA) is 185 Å². The predicted octanol–water partition coefficient (Wildman–Crippen LogP) is 4.53. The number of benzene rings is 6. The number of fused-ring (bicyclic) bond motifs is 4. The first-order valence-corrected chi connectivity index (χ1v) is 34.9.